The molecule has 0 aliphatic carbocycles. The quantitative estimate of drug-likeness (QED) is 0.438. The Morgan fingerprint density at radius 3 is 2.63 bits per heavy atom. The molecule has 1 aliphatic rings. The van der Waals surface area contributed by atoms with Gasteiger partial charge in [0.2, 0.25) is 0 Å². The van der Waals surface area contributed by atoms with Crippen molar-refractivity contribution in [3.63, 3.8) is 0 Å². The number of nitrogens with one attached hydrogen (secondary N) is 1. The number of carbonyl (C=O) groups is 2. The third-order valence-corrected chi connectivity index (χ3v) is 5.64. The summed E-state index contributed by atoms with van der Waals surface area (Å²) in [4.78, 5) is 27.6. The first-order chi connectivity index (χ1) is 13.1. The minimum absolute atomic E-state index is 0.282. The molecule has 1 aliphatic heterocycles. The van der Waals surface area contributed by atoms with Gasteiger partial charge in [0.05, 0.1) is 5.56 Å². The average Bonchev–Trinajstić information content (AvgIpc) is 3.10. The van der Waals surface area contributed by atoms with Gasteiger partial charge in [0, 0.05) is 29.7 Å². The number of para-hydroxylation sites is 1. The van der Waals surface area contributed by atoms with Crippen molar-refractivity contribution in [1.29, 1.82) is 0 Å². The standard InChI is InChI=1S/C22H31N3O2/c1-3-17(2)25-16-19(18-10-5-6-11-20(18)25)21(26)22(27)23-12-9-15-24-13-7-4-8-14-24/h5-6,10-11,16-17H,3-4,7-9,12-15H2,1-2H3,(H,23,27)/t17-/m1/s1. The summed E-state index contributed by atoms with van der Waals surface area (Å²) in [5.41, 5.74) is 1.51. The number of piperidine rings is 1. The molecule has 1 saturated heterocycles. The van der Waals surface area contributed by atoms with Crippen LogP contribution in [0.15, 0.2) is 30.5 Å². The summed E-state index contributed by atoms with van der Waals surface area (Å²) in [6.45, 7) is 8.09. The first kappa shape index (κ1) is 19.6. The topological polar surface area (TPSA) is 54.3 Å². The SMILES string of the molecule is CC[C@@H](C)n1cc(C(=O)C(=O)NCCCN2CCCCC2)c2ccccc21. The Labute approximate surface area is 161 Å². The molecule has 0 bridgehead atoms. The van der Waals surface area contributed by atoms with E-state index in [-0.39, 0.29) is 6.04 Å². The Kier molecular flexibility index (Phi) is 6.67. The lowest BCUT2D eigenvalue weighted by Crippen LogP contribution is -2.35. The molecule has 2 heterocycles. The molecule has 1 N–H and O–H groups in total. The lowest BCUT2D eigenvalue weighted by Gasteiger charge is -2.26. The van der Waals surface area contributed by atoms with Gasteiger partial charge in [-0.3, -0.25) is 9.59 Å². The second-order valence-electron chi connectivity index (χ2n) is 7.57. The summed E-state index contributed by atoms with van der Waals surface area (Å²) in [6, 6.07) is 8.09. The van der Waals surface area contributed by atoms with Gasteiger partial charge in [0.1, 0.15) is 0 Å². The molecule has 2 aromatic rings. The Morgan fingerprint density at radius 2 is 1.89 bits per heavy atom. The molecule has 5 heteroatoms. The molecule has 0 saturated carbocycles. The highest BCUT2D eigenvalue weighted by atomic mass is 16.2. The fourth-order valence-corrected chi connectivity index (χ4v) is 3.84. The second kappa shape index (κ2) is 9.18. The van der Waals surface area contributed by atoms with Crippen molar-refractivity contribution in [3.05, 3.63) is 36.0 Å². The maximum Gasteiger partial charge on any atom is 0.292 e. The Bertz CT molecular complexity index is 790. The van der Waals surface area contributed by atoms with Crippen LogP contribution in [0.1, 0.15) is 62.4 Å². The van der Waals surface area contributed by atoms with Gasteiger partial charge in [-0.2, -0.15) is 0 Å². The molecular weight excluding hydrogens is 338 g/mol. The predicted molar refractivity (Wildman–Crippen MR) is 109 cm³/mol. The van der Waals surface area contributed by atoms with E-state index in [1.807, 2.05) is 30.5 Å². The monoisotopic (exact) mass is 369 g/mol. The van der Waals surface area contributed by atoms with Crippen molar-refractivity contribution in [2.24, 2.45) is 0 Å². The molecule has 5 nitrogen and oxygen atoms in total. The first-order valence-corrected chi connectivity index (χ1v) is 10.3. The number of aromatic nitrogens is 1. The zero-order valence-electron chi connectivity index (χ0n) is 16.5. The number of hydrogen-bond donors (Lipinski definition) is 1. The maximum absolute atomic E-state index is 12.7. The van der Waals surface area contributed by atoms with Gasteiger partial charge in [0.25, 0.3) is 11.7 Å². The van der Waals surface area contributed by atoms with Gasteiger partial charge < -0.3 is 14.8 Å². The third-order valence-electron chi connectivity index (χ3n) is 5.64. The molecular formula is C22H31N3O2. The van der Waals surface area contributed by atoms with Gasteiger partial charge in [-0.1, -0.05) is 31.5 Å². The van der Waals surface area contributed by atoms with Crippen LogP contribution in [-0.4, -0.2) is 47.3 Å². The van der Waals surface area contributed by atoms with Crippen molar-refractivity contribution in [1.82, 2.24) is 14.8 Å². The number of hydrogen-bond acceptors (Lipinski definition) is 3. The molecule has 0 unspecified atom stereocenters. The van der Waals surface area contributed by atoms with Gasteiger partial charge >= 0.3 is 0 Å². The maximum atomic E-state index is 12.7. The normalized spacial score (nSPS) is 16.4. The van der Waals surface area contributed by atoms with E-state index in [0.29, 0.717) is 12.1 Å². The van der Waals surface area contributed by atoms with Gasteiger partial charge in [-0.25, -0.2) is 0 Å². The van der Waals surface area contributed by atoms with E-state index in [1.165, 1.54) is 19.3 Å². The molecule has 146 valence electrons. The van der Waals surface area contributed by atoms with Crippen molar-refractivity contribution < 1.29 is 9.59 Å². The van der Waals surface area contributed by atoms with Gasteiger partial charge in [-0.05, 0) is 58.3 Å². The lowest BCUT2D eigenvalue weighted by atomic mass is 10.1. The molecule has 3 rings (SSSR count). The number of likely N-dealkylation sites (tertiary alicyclic amines) is 1. The summed E-state index contributed by atoms with van der Waals surface area (Å²) in [5.74, 6) is -0.938. The molecule has 0 radical (unpaired) electrons. The molecule has 1 aromatic carbocycles. The highest BCUT2D eigenvalue weighted by molar-refractivity contribution is 6.45. The van der Waals surface area contributed by atoms with Crippen LogP contribution in [0.3, 0.4) is 0 Å². The third kappa shape index (κ3) is 4.59. The number of carbonyl (C=O) groups excluding carboxylic acids is 2. The first-order valence-electron chi connectivity index (χ1n) is 10.3. The van der Waals surface area contributed by atoms with E-state index in [4.69, 9.17) is 0 Å². The van der Waals surface area contributed by atoms with Crippen molar-refractivity contribution >= 4 is 22.6 Å². The highest BCUT2D eigenvalue weighted by Gasteiger charge is 2.22. The van der Waals surface area contributed by atoms with E-state index >= 15 is 0 Å². The van der Waals surface area contributed by atoms with E-state index in [2.05, 4.69) is 28.6 Å². The molecule has 1 atom stereocenters. The minimum atomic E-state index is -0.499. The fraction of sp³-hybridized carbons (Fsp3) is 0.545. The smallest absolute Gasteiger partial charge is 0.292 e. The number of benzene rings is 1. The van der Waals surface area contributed by atoms with Crippen LogP contribution in [0.2, 0.25) is 0 Å². The molecule has 0 spiro atoms. The Morgan fingerprint density at radius 1 is 1.15 bits per heavy atom. The number of nitrogens with zero attached hydrogens (tertiary/aromatic N) is 2. The van der Waals surface area contributed by atoms with Crippen molar-refractivity contribution in [2.45, 2.75) is 52.0 Å². The van der Waals surface area contributed by atoms with Crippen LogP contribution in [0.5, 0.6) is 0 Å². The van der Waals surface area contributed by atoms with Gasteiger partial charge in [-0.15, -0.1) is 0 Å². The zero-order chi connectivity index (χ0) is 19.2. The average molecular weight is 370 g/mol. The van der Waals surface area contributed by atoms with E-state index in [9.17, 15) is 9.59 Å². The minimum Gasteiger partial charge on any atom is -0.349 e. The lowest BCUT2D eigenvalue weighted by molar-refractivity contribution is -0.117. The Balaban J connectivity index is 1.62. The van der Waals surface area contributed by atoms with E-state index < -0.39 is 11.7 Å². The number of fused-ring (bicyclic) bond motifs is 1. The van der Waals surface area contributed by atoms with Crippen LogP contribution in [0, 0.1) is 0 Å². The number of ketones is 1. The second-order valence-corrected chi connectivity index (χ2v) is 7.57. The summed E-state index contributed by atoms with van der Waals surface area (Å²) in [6.07, 6.45) is 7.55. The number of Topliss-reactive ketones (excluding diaryl/α,β-unsaturated/α-hetero) is 1. The summed E-state index contributed by atoms with van der Waals surface area (Å²) in [5, 5.41) is 3.67. The van der Waals surface area contributed by atoms with Crippen LogP contribution >= 0.6 is 0 Å². The zero-order valence-corrected chi connectivity index (χ0v) is 16.5. The molecule has 1 amide bonds. The summed E-state index contributed by atoms with van der Waals surface area (Å²) < 4.78 is 2.10. The molecule has 1 fully saturated rings. The Hall–Kier alpha value is -2.14. The van der Waals surface area contributed by atoms with Crippen molar-refractivity contribution in [3.8, 4) is 0 Å². The molecule has 1 aromatic heterocycles. The predicted octanol–water partition coefficient (Wildman–Crippen LogP) is 3.79. The van der Waals surface area contributed by atoms with Gasteiger partial charge in [0.15, 0.2) is 0 Å². The highest BCUT2D eigenvalue weighted by Crippen LogP contribution is 2.26. The number of amides is 1. The fourth-order valence-electron chi connectivity index (χ4n) is 3.84. The summed E-state index contributed by atoms with van der Waals surface area (Å²) in [7, 11) is 0. The van der Waals surface area contributed by atoms with Crippen LogP contribution in [-0.2, 0) is 4.79 Å². The van der Waals surface area contributed by atoms with Crippen LogP contribution in [0.4, 0.5) is 0 Å². The summed E-state index contributed by atoms with van der Waals surface area (Å²) >= 11 is 0. The molecule has 27 heavy (non-hydrogen) atoms. The largest absolute Gasteiger partial charge is 0.349 e. The van der Waals surface area contributed by atoms with Crippen molar-refractivity contribution in [2.75, 3.05) is 26.2 Å². The number of rotatable bonds is 8. The van der Waals surface area contributed by atoms with Crippen LogP contribution in [0.25, 0.3) is 10.9 Å². The van der Waals surface area contributed by atoms with E-state index in [1.54, 1.807) is 0 Å². The van der Waals surface area contributed by atoms with E-state index in [0.717, 1.165) is 43.4 Å². The van der Waals surface area contributed by atoms with Crippen LogP contribution < -0.4 is 5.32 Å².